The van der Waals surface area contributed by atoms with Crippen LogP contribution < -0.4 is 14.8 Å². The summed E-state index contributed by atoms with van der Waals surface area (Å²) in [5, 5.41) is 3.20. The molecule has 0 radical (unpaired) electrons. The Labute approximate surface area is 138 Å². The molecule has 1 aromatic carbocycles. The van der Waals surface area contributed by atoms with Gasteiger partial charge in [0.1, 0.15) is 5.75 Å². The Morgan fingerprint density at radius 2 is 2.00 bits per heavy atom. The summed E-state index contributed by atoms with van der Waals surface area (Å²) in [6.07, 6.45) is 3.84. The van der Waals surface area contributed by atoms with E-state index in [9.17, 15) is 8.42 Å². The third-order valence-electron chi connectivity index (χ3n) is 3.25. The molecular weight excluding hydrogens is 324 g/mol. The number of hydrogen-bond donors (Lipinski definition) is 2. The number of sulfonamides is 1. The van der Waals surface area contributed by atoms with Gasteiger partial charge in [0.25, 0.3) is 0 Å². The van der Waals surface area contributed by atoms with Crippen molar-refractivity contribution in [2.24, 2.45) is 0 Å². The molecule has 0 aliphatic carbocycles. The van der Waals surface area contributed by atoms with Crippen LogP contribution in [0.25, 0.3) is 0 Å². The molecule has 7 heteroatoms. The summed E-state index contributed by atoms with van der Waals surface area (Å²) in [6, 6.07) is 6.52. The molecule has 0 atom stereocenters. The maximum Gasteiger partial charge on any atom is 0.240 e. The lowest BCUT2D eigenvalue weighted by Crippen LogP contribution is -2.29. The minimum atomic E-state index is -3.46. The molecule has 5 nitrogen and oxygen atoms in total. The Morgan fingerprint density at radius 3 is 2.59 bits per heavy atom. The van der Waals surface area contributed by atoms with Gasteiger partial charge in [-0.05, 0) is 43.7 Å². The second kappa shape index (κ2) is 9.15. The number of ether oxygens (including phenoxy) is 1. The van der Waals surface area contributed by atoms with Gasteiger partial charge < -0.3 is 10.1 Å². The van der Waals surface area contributed by atoms with E-state index in [0.717, 1.165) is 31.5 Å². The molecule has 0 saturated carbocycles. The molecule has 1 heterocycles. The van der Waals surface area contributed by atoms with Gasteiger partial charge in [-0.2, -0.15) is 0 Å². The van der Waals surface area contributed by atoms with Gasteiger partial charge in [-0.1, -0.05) is 18.6 Å². The first-order valence-corrected chi connectivity index (χ1v) is 8.71. The van der Waals surface area contributed by atoms with E-state index in [1.54, 1.807) is 24.3 Å². The van der Waals surface area contributed by atoms with Crippen molar-refractivity contribution in [2.45, 2.75) is 24.7 Å². The van der Waals surface area contributed by atoms with Gasteiger partial charge in [0.05, 0.1) is 11.5 Å². The molecule has 124 valence electrons. The van der Waals surface area contributed by atoms with Crippen LogP contribution in [0.3, 0.4) is 0 Å². The second-order valence-electron chi connectivity index (χ2n) is 4.96. The van der Waals surface area contributed by atoms with Crippen molar-refractivity contribution < 1.29 is 13.2 Å². The van der Waals surface area contributed by atoms with Crippen LogP contribution in [-0.2, 0) is 10.0 Å². The van der Waals surface area contributed by atoms with E-state index in [0.29, 0.717) is 18.9 Å². The van der Waals surface area contributed by atoms with Crippen molar-refractivity contribution in [3.05, 3.63) is 35.9 Å². The zero-order chi connectivity index (χ0) is 15.1. The van der Waals surface area contributed by atoms with Gasteiger partial charge >= 0.3 is 0 Å². The minimum absolute atomic E-state index is 0. The quantitative estimate of drug-likeness (QED) is 0.742. The molecule has 1 aliphatic heterocycles. The Kier molecular flexibility index (Phi) is 7.89. The summed E-state index contributed by atoms with van der Waals surface area (Å²) in [5.74, 6) is 0.692. The zero-order valence-electron chi connectivity index (χ0n) is 12.7. The third kappa shape index (κ3) is 5.61. The van der Waals surface area contributed by atoms with E-state index in [4.69, 9.17) is 4.74 Å². The highest BCUT2D eigenvalue weighted by atomic mass is 35.5. The van der Waals surface area contributed by atoms with Crippen LogP contribution >= 0.6 is 12.4 Å². The van der Waals surface area contributed by atoms with E-state index in [1.807, 2.05) is 13.0 Å². The smallest absolute Gasteiger partial charge is 0.240 e. The highest BCUT2D eigenvalue weighted by Crippen LogP contribution is 2.16. The standard InChI is InChI=1S/C15H22N2O3S.ClH/c1-2-11-20-14-3-5-15(6-4-14)21(18,19)17-12-13-7-9-16-10-8-13;/h3-7,16-17H,2,8-12H2,1H3;1H. The summed E-state index contributed by atoms with van der Waals surface area (Å²) < 4.78 is 32.5. The molecule has 2 N–H and O–H groups in total. The number of benzene rings is 1. The fraction of sp³-hybridized carbons (Fsp3) is 0.467. The fourth-order valence-corrected chi connectivity index (χ4v) is 3.07. The Morgan fingerprint density at radius 1 is 1.27 bits per heavy atom. The Balaban J connectivity index is 0.00000242. The summed E-state index contributed by atoms with van der Waals surface area (Å²) in [7, 11) is -3.46. The first kappa shape index (κ1) is 19.0. The Bertz CT molecular complexity index is 585. The summed E-state index contributed by atoms with van der Waals surface area (Å²) in [5.41, 5.74) is 1.13. The van der Waals surface area contributed by atoms with E-state index >= 15 is 0 Å². The molecular formula is C15H23ClN2O3S. The van der Waals surface area contributed by atoms with Crippen LogP contribution in [0.2, 0.25) is 0 Å². The van der Waals surface area contributed by atoms with Crippen molar-refractivity contribution in [1.82, 2.24) is 10.0 Å². The van der Waals surface area contributed by atoms with Gasteiger partial charge in [0.15, 0.2) is 0 Å². The zero-order valence-corrected chi connectivity index (χ0v) is 14.3. The Hall–Kier alpha value is -1.08. The molecule has 0 aromatic heterocycles. The molecule has 0 saturated heterocycles. The lowest BCUT2D eigenvalue weighted by molar-refractivity contribution is 0.317. The normalized spacial score (nSPS) is 14.9. The number of halogens is 1. The molecule has 0 bridgehead atoms. The largest absolute Gasteiger partial charge is 0.494 e. The summed E-state index contributed by atoms with van der Waals surface area (Å²) >= 11 is 0. The van der Waals surface area contributed by atoms with Gasteiger partial charge in [-0.25, -0.2) is 13.1 Å². The van der Waals surface area contributed by atoms with Crippen LogP contribution in [0.4, 0.5) is 0 Å². The molecule has 1 aromatic rings. The molecule has 0 amide bonds. The first-order valence-electron chi connectivity index (χ1n) is 7.23. The van der Waals surface area contributed by atoms with Gasteiger partial charge in [-0.3, -0.25) is 0 Å². The van der Waals surface area contributed by atoms with Gasteiger partial charge in [-0.15, -0.1) is 12.4 Å². The molecule has 0 fully saturated rings. The predicted molar refractivity (Wildman–Crippen MR) is 90.2 cm³/mol. The van der Waals surface area contributed by atoms with Crippen molar-refractivity contribution >= 4 is 22.4 Å². The second-order valence-corrected chi connectivity index (χ2v) is 6.73. The highest BCUT2D eigenvalue weighted by molar-refractivity contribution is 7.89. The van der Waals surface area contributed by atoms with Gasteiger partial charge in [0.2, 0.25) is 10.0 Å². The lowest BCUT2D eigenvalue weighted by Gasteiger charge is -2.15. The van der Waals surface area contributed by atoms with E-state index in [1.165, 1.54) is 0 Å². The number of nitrogens with one attached hydrogen (secondary N) is 2. The van der Waals surface area contributed by atoms with Crippen LogP contribution in [0.5, 0.6) is 5.75 Å². The van der Waals surface area contributed by atoms with E-state index < -0.39 is 10.0 Å². The van der Waals surface area contributed by atoms with Crippen molar-refractivity contribution in [1.29, 1.82) is 0 Å². The summed E-state index contributed by atoms with van der Waals surface area (Å²) in [4.78, 5) is 0.265. The molecule has 22 heavy (non-hydrogen) atoms. The van der Waals surface area contributed by atoms with Crippen molar-refractivity contribution in [2.75, 3.05) is 26.2 Å². The molecule has 2 rings (SSSR count). The van der Waals surface area contributed by atoms with Gasteiger partial charge in [0, 0.05) is 13.1 Å². The average molecular weight is 347 g/mol. The lowest BCUT2D eigenvalue weighted by atomic mass is 10.1. The monoisotopic (exact) mass is 346 g/mol. The SMILES string of the molecule is CCCOc1ccc(S(=O)(=O)NCC2=CCNCC2)cc1.Cl. The predicted octanol–water partition coefficient (Wildman–Crippen LogP) is 2.10. The maximum atomic E-state index is 12.2. The van der Waals surface area contributed by atoms with E-state index in [-0.39, 0.29) is 17.3 Å². The van der Waals surface area contributed by atoms with Crippen LogP contribution in [-0.4, -0.2) is 34.7 Å². The maximum absolute atomic E-state index is 12.2. The highest BCUT2D eigenvalue weighted by Gasteiger charge is 2.14. The number of hydrogen-bond acceptors (Lipinski definition) is 4. The topological polar surface area (TPSA) is 67.4 Å². The van der Waals surface area contributed by atoms with Crippen LogP contribution in [0, 0.1) is 0 Å². The first-order chi connectivity index (χ1) is 10.1. The van der Waals surface area contributed by atoms with Crippen molar-refractivity contribution in [3.63, 3.8) is 0 Å². The minimum Gasteiger partial charge on any atom is -0.494 e. The number of rotatable bonds is 7. The molecule has 0 spiro atoms. The molecule has 0 unspecified atom stereocenters. The summed E-state index contributed by atoms with van der Waals surface area (Å²) in [6.45, 7) is 4.74. The molecule has 1 aliphatic rings. The average Bonchev–Trinajstić information content (AvgIpc) is 2.52. The van der Waals surface area contributed by atoms with Crippen LogP contribution in [0.1, 0.15) is 19.8 Å². The van der Waals surface area contributed by atoms with Crippen molar-refractivity contribution in [3.8, 4) is 5.75 Å². The van der Waals surface area contributed by atoms with E-state index in [2.05, 4.69) is 10.0 Å². The third-order valence-corrected chi connectivity index (χ3v) is 4.67. The van der Waals surface area contributed by atoms with Crippen LogP contribution in [0.15, 0.2) is 40.8 Å². The fourth-order valence-electron chi connectivity index (χ4n) is 2.04.